The number of benzene rings is 1. The van der Waals surface area contributed by atoms with E-state index in [0.29, 0.717) is 30.2 Å². The zero-order chi connectivity index (χ0) is 19.2. The Morgan fingerprint density at radius 1 is 1.15 bits per heavy atom. The molecule has 27 heavy (non-hydrogen) atoms. The first-order valence-electron chi connectivity index (χ1n) is 9.17. The molecule has 0 bridgehead atoms. The molecule has 1 aliphatic rings. The van der Waals surface area contributed by atoms with Crippen LogP contribution in [0.15, 0.2) is 24.3 Å². The molecule has 1 aromatic heterocycles. The van der Waals surface area contributed by atoms with Gasteiger partial charge in [0, 0.05) is 37.9 Å². The van der Waals surface area contributed by atoms with Crippen molar-refractivity contribution in [2.45, 2.75) is 26.7 Å². The second-order valence-electron chi connectivity index (χ2n) is 6.62. The van der Waals surface area contributed by atoms with E-state index in [9.17, 15) is 9.18 Å². The maximum absolute atomic E-state index is 13.5. The zero-order valence-corrected chi connectivity index (χ0v) is 15.7. The van der Waals surface area contributed by atoms with E-state index in [4.69, 9.17) is 0 Å². The molecule has 0 radical (unpaired) electrons. The van der Waals surface area contributed by atoms with Crippen molar-refractivity contribution in [3.63, 3.8) is 0 Å². The Balaban J connectivity index is 1.45. The minimum absolute atomic E-state index is 0.345. The molecule has 8 heteroatoms. The van der Waals surface area contributed by atoms with Gasteiger partial charge in [0.05, 0.1) is 0 Å². The number of amides is 2. The molecule has 0 unspecified atom stereocenters. The number of anilines is 3. The van der Waals surface area contributed by atoms with Crippen LogP contribution in [0.5, 0.6) is 0 Å². The van der Waals surface area contributed by atoms with Crippen LogP contribution in [0, 0.1) is 19.7 Å². The number of rotatable bonds is 6. The monoisotopic (exact) mass is 372 g/mol. The first kappa shape index (κ1) is 18.9. The molecule has 2 heterocycles. The summed E-state index contributed by atoms with van der Waals surface area (Å²) >= 11 is 0. The fourth-order valence-electron chi connectivity index (χ4n) is 2.96. The van der Waals surface area contributed by atoms with Gasteiger partial charge in [-0.3, -0.25) is 0 Å². The largest absolute Gasteiger partial charge is 0.368 e. The van der Waals surface area contributed by atoms with Crippen molar-refractivity contribution in [3.05, 3.63) is 41.5 Å². The molecule has 1 aromatic carbocycles. The fourth-order valence-corrected chi connectivity index (χ4v) is 2.96. The summed E-state index contributed by atoms with van der Waals surface area (Å²) in [5.41, 5.74) is 0.962. The van der Waals surface area contributed by atoms with E-state index in [0.717, 1.165) is 24.7 Å². The van der Waals surface area contributed by atoms with Crippen LogP contribution in [0.4, 0.5) is 26.5 Å². The molecule has 1 saturated heterocycles. The maximum Gasteiger partial charge on any atom is 0.319 e. The molecule has 0 saturated carbocycles. The topological polar surface area (TPSA) is 82.2 Å². The van der Waals surface area contributed by atoms with Crippen LogP contribution in [0.1, 0.15) is 24.2 Å². The van der Waals surface area contributed by atoms with Crippen LogP contribution in [-0.2, 0) is 0 Å². The molecule has 3 N–H and O–H groups in total. The summed E-state index contributed by atoms with van der Waals surface area (Å²) in [5.74, 6) is 2.05. The molecule has 1 fully saturated rings. The number of hydrogen-bond donors (Lipinski definition) is 3. The summed E-state index contributed by atoms with van der Waals surface area (Å²) in [6.45, 7) is 6.52. The van der Waals surface area contributed by atoms with Crippen molar-refractivity contribution in [1.29, 1.82) is 0 Å². The van der Waals surface area contributed by atoms with Gasteiger partial charge in [-0.1, -0.05) is 6.07 Å². The lowest BCUT2D eigenvalue weighted by molar-refractivity contribution is 0.252. The highest BCUT2D eigenvalue weighted by Gasteiger charge is 2.15. The highest BCUT2D eigenvalue weighted by Crippen LogP contribution is 2.20. The standard InChI is InChI=1S/C19H25FN6O/c1-13-5-6-15(11-16(13)20)25-19(27)22-8-7-21-17-12-18(24-14(2)23-17)26-9-3-4-10-26/h5-6,11-12H,3-4,7-10H2,1-2H3,(H,21,23,24)(H2,22,25,27). The van der Waals surface area contributed by atoms with Crippen LogP contribution in [0.3, 0.4) is 0 Å². The summed E-state index contributed by atoms with van der Waals surface area (Å²) in [5, 5.41) is 8.55. The molecule has 0 spiro atoms. The van der Waals surface area contributed by atoms with Crippen molar-refractivity contribution in [1.82, 2.24) is 15.3 Å². The molecular formula is C19H25FN6O. The number of urea groups is 1. The zero-order valence-electron chi connectivity index (χ0n) is 15.7. The van der Waals surface area contributed by atoms with Crippen molar-refractivity contribution in [2.75, 3.05) is 41.7 Å². The van der Waals surface area contributed by atoms with Gasteiger partial charge in [0.15, 0.2) is 0 Å². The first-order valence-corrected chi connectivity index (χ1v) is 9.17. The van der Waals surface area contributed by atoms with E-state index < -0.39 is 0 Å². The van der Waals surface area contributed by atoms with Crippen LogP contribution in [0.25, 0.3) is 0 Å². The number of aryl methyl sites for hydroxylation is 2. The predicted octanol–water partition coefficient (Wildman–Crippen LogP) is 3.07. The minimum atomic E-state index is -0.378. The van der Waals surface area contributed by atoms with Gasteiger partial charge < -0.3 is 20.9 Å². The second-order valence-corrected chi connectivity index (χ2v) is 6.62. The van der Waals surface area contributed by atoms with Crippen LogP contribution < -0.4 is 20.9 Å². The van der Waals surface area contributed by atoms with Gasteiger partial charge in [-0.05, 0) is 44.4 Å². The summed E-state index contributed by atoms with van der Waals surface area (Å²) in [6, 6.07) is 6.16. The third-order valence-electron chi connectivity index (χ3n) is 4.40. The molecule has 3 rings (SSSR count). The quantitative estimate of drug-likeness (QED) is 0.679. The lowest BCUT2D eigenvalue weighted by Crippen LogP contribution is -2.32. The number of nitrogens with one attached hydrogen (secondary N) is 3. The van der Waals surface area contributed by atoms with Gasteiger partial charge in [-0.2, -0.15) is 0 Å². The maximum atomic E-state index is 13.5. The summed E-state index contributed by atoms with van der Waals surface area (Å²) in [4.78, 5) is 23.0. The smallest absolute Gasteiger partial charge is 0.319 e. The highest BCUT2D eigenvalue weighted by molar-refractivity contribution is 5.89. The van der Waals surface area contributed by atoms with E-state index in [2.05, 4.69) is 30.8 Å². The molecular weight excluding hydrogens is 347 g/mol. The van der Waals surface area contributed by atoms with Crippen molar-refractivity contribution >= 4 is 23.4 Å². The summed E-state index contributed by atoms with van der Waals surface area (Å²) < 4.78 is 13.5. The Hall–Kier alpha value is -2.90. The molecule has 2 amide bonds. The predicted molar refractivity (Wildman–Crippen MR) is 105 cm³/mol. The third-order valence-corrected chi connectivity index (χ3v) is 4.40. The van der Waals surface area contributed by atoms with Gasteiger partial charge in [0.1, 0.15) is 23.3 Å². The Morgan fingerprint density at radius 2 is 1.93 bits per heavy atom. The molecule has 0 atom stereocenters. The number of nitrogens with zero attached hydrogens (tertiary/aromatic N) is 3. The van der Waals surface area contributed by atoms with E-state index in [-0.39, 0.29) is 11.8 Å². The average Bonchev–Trinajstić information content (AvgIpc) is 3.16. The van der Waals surface area contributed by atoms with E-state index in [1.807, 2.05) is 13.0 Å². The van der Waals surface area contributed by atoms with Crippen LogP contribution >= 0.6 is 0 Å². The number of halogens is 1. The van der Waals surface area contributed by atoms with Crippen LogP contribution in [-0.4, -0.2) is 42.2 Å². The van der Waals surface area contributed by atoms with Crippen LogP contribution in [0.2, 0.25) is 0 Å². The Morgan fingerprint density at radius 3 is 2.67 bits per heavy atom. The molecule has 0 aliphatic carbocycles. The van der Waals surface area contributed by atoms with Gasteiger partial charge in [0.25, 0.3) is 0 Å². The van der Waals surface area contributed by atoms with Crippen molar-refractivity contribution < 1.29 is 9.18 Å². The lowest BCUT2D eigenvalue weighted by Gasteiger charge is -2.17. The SMILES string of the molecule is Cc1nc(NCCNC(=O)Nc2ccc(C)c(F)c2)cc(N2CCCC2)n1. The van der Waals surface area contributed by atoms with Gasteiger partial charge >= 0.3 is 6.03 Å². The lowest BCUT2D eigenvalue weighted by atomic mass is 10.2. The first-order chi connectivity index (χ1) is 13.0. The van der Waals surface area contributed by atoms with Gasteiger partial charge in [0.2, 0.25) is 0 Å². The Bertz CT molecular complexity index is 807. The fraction of sp³-hybridized carbons (Fsp3) is 0.421. The van der Waals surface area contributed by atoms with E-state index in [1.165, 1.54) is 18.9 Å². The van der Waals surface area contributed by atoms with Crippen molar-refractivity contribution in [2.24, 2.45) is 0 Å². The summed E-state index contributed by atoms with van der Waals surface area (Å²) in [7, 11) is 0. The normalized spacial score (nSPS) is 13.5. The number of carbonyl (C=O) groups excluding carboxylic acids is 1. The van der Waals surface area contributed by atoms with Gasteiger partial charge in [-0.25, -0.2) is 19.2 Å². The van der Waals surface area contributed by atoms with E-state index in [1.54, 1.807) is 19.1 Å². The van der Waals surface area contributed by atoms with Crippen molar-refractivity contribution in [3.8, 4) is 0 Å². The average molecular weight is 372 g/mol. The third kappa shape index (κ3) is 5.29. The van der Waals surface area contributed by atoms with E-state index >= 15 is 0 Å². The number of carbonyl (C=O) groups is 1. The van der Waals surface area contributed by atoms with Gasteiger partial charge in [-0.15, -0.1) is 0 Å². The number of aromatic nitrogens is 2. The Kier molecular flexibility index (Phi) is 6.05. The molecule has 144 valence electrons. The molecule has 2 aromatic rings. The highest BCUT2D eigenvalue weighted by atomic mass is 19.1. The summed E-state index contributed by atoms with van der Waals surface area (Å²) in [6.07, 6.45) is 2.38. The second kappa shape index (κ2) is 8.66. The number of hydrogen-bond acceptors (Lipinski definition) is 5. The molecule has 1 aliphatic heterocycles. The molecule has 7 nitrogen and oxygen atoms in total. The Labute approximate surface area is 158 Å². The minimum Gasteiger partial charge on any atom is -0.368 e.